The maximum atomic E-state index is 12.0. The molecule has 1 aromatic carbocycles. The van der Waals surface area contributed by atoms with Crippen LogP contribution >= 0.6 is 23.1 Å². The topological polar surface area (TPSA) is 68.0 Å². The minimum absolute atomic E-state index is 0.289. The Balaban J connectivity index is 1.55. The fourth-order valence-electron chi connectivity index (χ4n) is 3.18. The molecule has 0 atom stereocenters. The van der Waals surface area contributed by atoms with E-state index in [2.05, 4.69) is 35.4 Å². The Morgan fingerprint density at radius 3 is 2.85 bits per heavy atom. The molecule has 0 bridgehead atoms. The highest BCUT2D eigenvalue weighted by Crippen LogP contribution is 2.33. The maximum absolute atomic E-state index is 12.0. The lowest BCUT2D eigenvalue weighted by Crippen LogP contribution is -2.07. The van der Waals surface area contributed by atoms with Gasteiger partial charge in [-0.25, -0.2) is 4.79 Å². The largest absolute Gasteiger partial charge is 0.423 e. The van der Waals surface area contributed by atoms with Gasteiger partial charge in [0.15, 0.2) is 4.34 Å². The first-order chi connectivity index (χ1) is 12.6. The van der Waals surface area contributed by atoms with Gasteiger partial charge in [0.25, 0.3) is 0 Å². The lowest BCUT2D eigenvalue weighted by molar-refractivity contribution is 0.559. The Morgan fingerprint density at radius 2 is 2.04 bits per heavy atom. The average molecular weight is 388 g/mol. The summed E-state index contributed by atoms with van der Waals surface area (Å²) < 4.78 is 6.34. The second-order valence-corrected chi connectivity index (χ2v) is 9.20. The smallest absolute Gasteiger partial charge is 0.336 e. The Kier molecular flexibility index (Phi) is 5.00. The molecule has 7 heteroatoms. The van der Waals surface area contributed by atoms with Crippen molar-refractivity contribution in [2.75, 3.05) is 11.9 Å². The number of rotatable bonds is 6. The molecular weight excluding hydrogens is 366 g/mol. The van der Waals surface area contributed by atoms with Crippen molar-refractivity contribution < 1.29 is 4.42 Å². The van der Waals surface area contributed by atoms with Crippen molar-refractivity contribution in [2.24, 2.45) is 5.92 Å². The number of aromatic nitrogens is 2. The van der Waals surface area contributed by atoms with Crippen molar-refractivity contribution in [3.63, 3.8) is 0 Å². The van der Waals surface area contributed by atoms with E-state index in [0.717, 1.165) is 39.8 Å². The molecule has 136 valence electrons. The van der Waals surface area contributed by atoms with Crippen molar-refractivity contribution in [1.29, 1.82) is 0 Å². The molecule has 1 N–H and O–H groups in total. The summed E-state index contributed by atoms with van der Waals surface area (Å²) in [6, 6.07) is 5.86. The number of thioether (sulfide) groups is 1. The lowest BCUT2D eigenvalue weighted by atomic mass is 10.0. The third-order valence-electron chi connectivity index (χ3n) is 4.46. The van der Waals surface area contributed by atoms with Gasteiger partial charge in [0.1, 0.15) is 5.58 Å². The molecule has 0 fully saturated rings. The first kappa shape index (κ1) is 17.5. The zero-order valence-electron chi connectivity index (χ0n) is 14.9. The van der Waals surface area contributed by atoms with Crippen LogP contribution in [-0.4, -0.2) is 16.7 Å². The van der Waals surface area contributed by atoms with E-state index in [4.69, 9.17) is 4.42 Å². The zero-order valence-corrected chi connectivity index (χ0v) is 16.5. The molecule has 2 heterocycles. The number of benzene rings is 1. The highest BCUT2D eigenvalue weighted by Gasteiger charge is 2.16. The summed E-state index contributed by atoms with van der Waals surface area (Å²) in [6.07, 6.45) is 3.36. The molecule has 4 rings (SSSR count). The van der Waals surface area contributed by atoms with Gasteiger partial charge in [-0.15, -0.1) is 10.2 Å². The number of nitrogens with zero attached hydrogens (tertiary/aromatic N) is 2. The number of fused-ring (bicyclic) bond motifs is 2. The summed E-state index contributed by atoms with van der Waals surface area (Å²) in [5.41, 5.74) is 4.11. The Morgan fingerprint density at radius 1 is 1.23 bits per heavy atom. The van der Waals surface area contributed by atoms with E-state index in [1.807, 2.05) is 6.07 Å². The fraction of sp³-hybridized carbons (Fsp3) is 0.421. The minimum atomic E-state index is -0.289. The second-order valence-electron chi connectivity index (χ2n) is 7.00. The third kappa shape index (κ3) is 3.78. The van der Waals surface area contributed by atoms with Crippen LogP contribution in [0.5, 0.6) is 0 Å². The van der Waals surface area contributed by atoms with E-state index >= 15 is 0 Å². The fourth-order valence-corrected chi connectivity index (χ4v) is 4.93. The van der Waals surface area contributed by atoms with Gasteiger partial charge in [-0.2, -0.15) is 0 Å². The summed E-state index contributed by atoms with van der Waals surface area (Å²) in [5, 5.41) is 13.6. The highest BCUT2D eigenvalue weighted by molar-refractivity contribution is 8.00. The third-order valence-corrected chi connectivity index (χ3v) is 6.52. The highest BCUT2D eigenvalue weighted by atomic mass is 32.2. The van der Waals surface area contributed by atoms with Crippen molar-refractivity contribution in [1.82, 2.24) is 10.2 Å². The molecule has 5 nitrogen and oxygen atoms in total. The summed E-state index contributed by atoms with van der Waals surface area (Å²) in [5.74, 6) is 1.24. The van der Waals surface area contributed by atoms with Crippen LogP contribution < -0.4 is 10.9 Å². The van der Waals surface area contributed by atoms with Gasteiger partial charge in [-0.3, -0.25) is 0 Å². The number of nitrogens with one attached hydrogen (secondary N) is 1. The molecule has 0 unspecified atom stereocenters. The first-order valence-corrected chi connectivity index (χ1v) is 10.7. The van der Waals surface area contributed by atoms with Crippen LogP contribution in [0.15, 0.2) is 31.8 Å². The van der Waals surface area contributed by atoms with Crippen LogP contribution in [0, 0.1) is 5.92 Å². The molecular formula is C19H21N3O2S2. The maximum Gasteiger partial charge on any atom is 0.336 e. The van der Waals surface area contributed by atoms with Crippen LogP contribution in [0.1, 0.15) is 37.0 Å². The molecule has 1 aliphatic carbocycles. The van der Waals surface area contributed by atoms with Gasteiger partial charge >= 0.3 is 5.63 Å². The normalized spacial score (nSPS) is 13.5. The van der Waals surface area contributed by atoms with Gasteiger partial charge in [-0.1, -0.05) is 36.9 Å². The lowest BCUT2D eigenvalue weighted by Gasteiger charge is -2.07. The number of hydrogen-bond acceptors (Lipinski definition) is 7. The minimum Gasteiger partial charge on any atom is -0.423 e. The molecule has 3 aromatic rings. The summed E-state index contributed by atoms with van der Waals surface area (Å²) >= 11 is 3.16. The molecule has 2 aromatic heterocycles. The molecule has 0 aliphatic heterocycles. The predicted octanol–water partition coefficient (Wildman–Crippen LogP) is 4.49. The summed E-state index contributed by atoms with van der Waals surface area (Å²) in [7, 11) is 0. The Labute approximate surface area is 160 Å². The van der Waals surface area contributed by atoms with Crippen LogP contribution in [0.25, 0.3) is 11.0 Å². The second kappa shape index (κ2) is 7.40. The molecule has 0 saturated heterocycles. The Hall–Kier alpha value is -1.86. The van der Waals surface area contributed by atoms with E-state index in [1.54, 1.807) is 29.2 Å². The van der Waals surface area contributed by atoms with Crippen molar-refractivity contribution in [3.05, 3.63) is 45.3 Å². The first-order valence-electron chi connectivity index (χ1n) is 8.87. The van der Waals surface area contributed by atoms with Crippen molar-refractivity contribution >= 4 is 39.2 Å². The van der Waals surface area contributed by atoms with Gasteiger partial charge in [0, 0.05) is 23.8 Å². The number of hydrogen-bond donors (Lipinski definition) is 1. The van der Waals surface area contributed by atoms with Gasteiger partial charge in [0.2, 0.25) is 5.13 Å². The van der Waals surface area contributed by atoms with Gasteiger partial charge < -0.3 is 9.73 Å². The van der Waals surface area contributed by atoms with Crippen LogP contribution in [0.3, 0.4) is 0 Å². The molecule has 0 spiro atoms. The number of aryl methyl sites for hydroxylation is 2. The van der Waals surface area contributed by atoms with Crippen molar-refractivity contribution in [3.8, 4) is 0 Å². The molecule has 26 heavy (non-hydrogen) atoms. The monoisotopic (exact) mass is 387 g/mol. The molecule has 1 aliphatic rings. The molecule has 0 saturated carbocycles. The summed E-state index contributed by atoms with van der Waals surface area (Å²) in [4.78, 5) is 12.0. The summed E-state index contributed by atoms with van der Waals surface area (Å²) in [6.45, 7) is 5.20. The molecule has 0 amide bonds. The average Bonchev–Trinajstić information content (AvgIpc) is 3.24. The van der Waals surface area contributed by atoms with Crippen LogP contribution in [0.4, 0.5) is 5.13 Å². The van der Waals surface area contributed by atoms with E-state index < -0.39 is 0 Å². The SMILES string of the molecule is CC(C)CNc1nnc(SCc2cc(=O)oc3cc4c(cc23)CCC4)s1. The molecule has 0 radical (unpaired) electrons. The van der Waals surface area contributed by atoms with Gasteiger partial charge in [-0.05, 0) is 54.0 Å². The standard InChI is InChI=1S/C19H21N3O2S2/c1-11(2)9-20-18-21-22-19(26-18)25-10-14-8-17(23)24-16-7-13-5-3-4-12(13)6-15(14)16/h6-8,11H,3-5,9-10H2,1-2H3,(H,20,21). The van der Waals surface area contributed by atoms with Crippen LogP contribution in [0.2, 0.25) is 0 Å². The Bertz CT molecular complexity index is 994. The van der Waals surface area contributed by atoms with E-state index in [-0.39, 0.29) is 5.63 Å². The van der Waals surface area contributed by atoms with Gasteiger partial charge in [0.05, 0.1) is 0 Å². The van der Waals surface area contributed by atoms with E-state index in [9.17, 15) is 4.79 Å². The van der Waals surface area contributed by atoms with E-state index in [1.165, 1.54) is 17.5 Å². The van der Waals surface area contributed by atoms with Crippen molar-refractivity contribution in [2.45, 2.75) is 43.2 Å². The predicted molar refractivity (Wildman–Crippen MR) is 107 cm³/mol. The number of anilines is 1. The zero-order chi connectivity index (χ0) is 18.1. The van der Waals surface area contributed by atoms with Crippen LogP contribution in [-0.2, 0) is 18.6 Å². The van der Waals surface area contributed by atoms with E-state index in [0.29, 0.717) is 17.3 Å². The quantitative estimate of drug-likeness (QED) is 0.496.